The van der Waals surface area contributed by atoms with Crippen molar-refractivity contribution in [1.29, 1.82) is 0 Å². The van der Waals surface area contributed by atoms with Crippen molar-refractivity contribution in [2.75, 3.05) is 0 Å². The van der Waals surface area contributed by atoms with Gasteiger partial charge in [0, 0.05) is 0 Å². The minimum atomic E-state index is -0.624. The molecule has 4 nitrogen and oxygen atoms in total. The zero-order valence-corrected chi connectivity index (χ0v) is 22.6. The van der Waals surface area contributed by atoms with E-state index in [4.69, 9.17) is 0 Å². The van der Waals surface area contributed by atoms with Crippen LogP contribution in [-0.2, 0) is 4.79 Å². The Labute approximate surface area is 206 Å². The summed E-state index contributed by atoms with van der Waals surface area (Å²) in [6.45, 7) is 16.2. The van der Waals surface area contributed by atoms with Gasteiger partial charge < -0.3 is 15.3 Å². The van der Waals surface area contributed by atoms with Gasteiger partial charge in [-0.3, -0.25) is 4.79 Å². The molecular weight excluding hydrogens is 424 g/mol. The first-order valence-corrected chi connectivity index (χ1v) is 13.9. The van der Waals surface area contributed by atoms with Crippen LogP contribution in [0.4, 0.5) is 0 Å². The average molecular weight is 473 g/mol. The van der Waals surface area contributed by atoms with E-state index in [-0.39, 0.29) is 45.0 Å². The summed E-state index contributed by atoms with van der Waals surface area (Å²) in [5.41, 5.74) is 0.421. The maximum absolute atomic E-state index is 12.8. The summed E-state index contributed by atoms with van der Waals surface area (Å²) in [6.07, 6.45) is 9.49. The number of rotatable bonds is 1. The molecule has 0 spiro atoms. The second kappa shape index (κ2) is 7.12. The molecule has 9 atom stereocenters. The number of fused-ring (bicyclic) bond motifs is 7. The molecule has 4 fully saturated rings. The van der Waals surface area contributed by atoms with E-state index in [9.17, 15) is 20.1 Å². The minimum Gasteiger partial charge on any atom is -0.481 e. The first-order chi connectivity index (χ1) is 15.6. The maximum atomic E-state index is 12.8. The summed E-state index contributed by atoms with van der Waals surface area (Å²) in [6, 6.07) is 0. The monoisotopic (exact) mass is 472 g/mol. The number of carboxylic acid groups (broad SMARTS) is 1. The first-order valence-electron chi connectivity index (χ1n) is 13.9. The van der Waals surface area contributed by atoms with E-state index >= 15 is 0 Å². The summed E-state index contributed by atoms with van der Waals surface area (Å²) in [5.74, 6) is 0.0121. The van der Waals surface area contributed by atoms with Crippen molar-refractivity contribution in [2.24, 2.45) is 50.2 Å². The van der Waals surface area contributed by atoms with Crippen molar-refractivity contribution in [3.63, 3.8) is 0 Å². The van der Waals surface area contributed by atoms with Crippen molar-refractivity contribution >= 4 is 5.97 Å². The Bertz CT molecular complexity index is 919. The smallest absolute Gasteiger partial charge is 0.310 e. The lowest BCUT2D eigenvalue weighted by Gasteiger charge is -2.72. The number of hydrogen-bond acceptors (Lipinski definition) is 3. The van der Waals surface area contributed by atoms with E-state index in [1.54, 1.807) is 0 Å². The second-order valence-corrected chi connectivity index (χ2v) is 15.2. The molecule has 4 heteroatoms. The van der Waals surface area contributed by atoms with Gasteiger partial charge in [-0.15, -0.1) is 0 Å². The summed E-state index contributed by atoms with van der Waals surface area (Å²) in [4.78, 5) is 12.8. The molecule has 3 N–H and O–H groups in total. The number of carboxylic acids is 1. The third-order valence-electron chi connectivity index (χ3n) is 12.9. The number of aliphatic hydroxyl groups is 2. The van der Waals surface area contributed by atoms with Gasteiger partial charge in [-0.2, -0.15) is 0 Å². The first kappa shape index (κ1) is 24.8. The van der Waals surface area contributed by atoms with Gasteiger partial charge in [-0.1, -0.05) is 60.1 Å². The van der Waals surface area contributed by atoms with Crippen LogP contribution in [0.15, 0.2) is 11.6 Å². The standard InChI is InChI=1S/C30H48O4/c1-25(2)12-14-30(24(33)34)15-13-28(6)18(19(30)16-25)8-9-21-27(5)11-10-22(32)26(3,4)23(27)20(31)17-29(21,28)7/h8,19-23,31-32H,9-17H2,1-7H3,(H,33,34)/t19?,20-,21?,22-,23?,27+,28+,29+,30-/m0/s1. The molecule has 0 aliphatic heterocycles. The molecule has 0 bridgehead atoms. The van der Waals surface area contributed by atoms with E-state index in [0.717, 1.165) is 57.8 Å². The Kier molecular flexibility index (Phi) is 5.20. The van der Waals surface area contributed by atoms with Crippen LogP contribution in [-0.4, -0.2) is 33.5 Å². The Morgan fingerprint density at radius 3 is 2.21 bits per heavy atom. The van der Waals surface area contributed by atoms with Crippen LogP contribution in [0.2, 0.25) is 0 Å². The van der Waals surface area contributed by atoms with Crippen LogP contribution >= 0.6 is 0 Å². The van der Waals surface area contributed by atoms with Gasteiger partial charge in [0.25, 0.3) is 0 Å². The predicted molar refractivity (Wildman–Crippen MR) is 134 cm³/mol. The highest BCUT2D eigenvalue weighted by Crippen LogP contribution is 2.75. The molecule has 4 saturated carbocycles. The van der Waals surface area contributed by atoms with Crippen LogP contribution in [0.25, 0.3) is 0 Å². The van der Waals surface area contributed by atoms with E-state index in [2.05, 4.69) is 54.5 Å². The summed E-state index contributed by atoms with van der Waals surface area (Å²) < 4.78 is 0. The Hall–Kier alpha value is -0.870. The van der Waals surface area contributed by atoms with E-state index < -0.39 is 17.5 Å². The fraction of sp³-hybridized carbons (Fsp3) is 0.900. The molecule has 0 radical (unpaired) electrons. The van der Waals surface area contributed by atoms with Crippen LogP contribution in [0.1, 0.15) is 106 Å². The van der Waals surface area contributed by atoms with E-state index in [0.29, 0.717) is 5.92 Å². The second-order valence-electron chi connectivity index (χ2n) is 15.2. The molecule has 0 amide bonds. The molecule has 34 heavy (non-hydrogen) atoms. The molecule has 0 aromatic carbocycles. The number of carbonyl (C=O) groups is 1. The van der Waals surface area contributed by atoms with E-state index in [1.807, 2.05) is 0 Å². The van der Waals surface area contributed by atoms with Crippen LogP contribution in [0.5, 0.6) is 0 Å². The third kappa shape index (κ3) is 2.88. The van der Waals surface area contributed by atoms with Gasteiger partial charge in [0.2, 0.25) is 0 Å². The molecular formula is C30H48O4. The van der Waals surface area contributed by atoms with Crippen molar-refractivity contribution < 1.29 is 20.1 Å². The van der Waals surface area contributed by atoms with Gasteiger partial charge in [-0.25, -0.2) is 0 Å². The maximum Gasteiger partial charge on any atom is 0.310 e. The van der Waals surface area contributed by atoms with Gasteiger partial charge >= 0.3 is 5.97 Å². The largest absolute Gasteiger partial charge is 0.481 e. The Morgan fingerprint density at radius 2 is 1.56 bits per heavy atom. The number of allylic oxidation sites excluding steroid dienone is 2. The van der Waals surface area contributed by atoms with Crippen LogP contribution in [0.3, 0.4) is 0 Å². The van der Waals surface area contributed by atoms with E-state index in [1.165, 1.54) is 5.57 Å². The third-order valence-corrected chi connectivity index (χ3v) is 12.9. The summed E-state index contributed by atoms with van der Waals surface area (Å²) >= 11 is 0. The normalized spacial score (nSPS) is 53.4. The van der Waals surface area contributed by atoms with Crippen molar-refractivity contribution in [2.45, 2.75) is 118 Å². The van der Waals surface area contributed by atoms with Crippen LogP contribution in [0, 0.1) is 50.2 Å². The zero-order chi connectivity index (χ0) is 25.1. The van der Waals surface area contributed by atoms with Gasteiger partial charge in [-0.05, 0) is 103 Å². The average Bonchev–Trinajstić information content (AvgIpc) is 2.70. The van der Waals surface area contributed by atoms with Gasteiger partial charge in [0.05, 0.1) is 17.6 Å². The molecule has 192 valence electrons. The fourth-order valence-electron chi connectivity index (χ4n) is 10.8. The predicted octanol–water partition coefficient (Wildman–Crippen LogP) is 6.20. The highest BCUT2D eigenvalue weighted by Gasteiger charge is 2.70. The quantitative estimate of drug-likeness (QED) is 0.397. The van der Waals surface area contributed by atoms with Crippen molar-refractivity contribution in [3.8, 4) is 0 Å². The molecule has 0 aromatic rings. The lowest BCUT2D eigenvalue weighted by Crippen LogP contribution is -2.68. The fourth-order valence-corrected chi connectivity index (χ4v) is 10.8. The molecule has 0 saturated heterocycles. The Morgan fingerprint density at radius 1 is 0.912 bits per heavy atom. The highest BCUT2D eigenvalue weighted by atomic mass is 16.4. The number of aliphatic carboxylic acids is 1. The van der Waals surface area contributed by atoms with Crippen molar-refractivity contribution in [3.05, 3.63) is 11.6 Å². The lowest BCUT2D eigenvalue weighted by atomic mass is 9.33. The topological polar surface area (TPSA) is 77.8 Å². The molecule has 0 heterocycles. The van der Waals surface area contributed by atoms with Gasteiger partial charge in [0.15, 0.2) is 0 Å². The molecule has 5 aliphatic rings. The minimum absolute atomic E-state index is 0.0344. The lowest BCUT2D eigenvalue weighted by molar-refractivity contribution is -0.242. The number of hydrogen-bond donors (Lipinski definition) is 3. The summed E-state index contributed by atoms with van der Waals surface area (Å²) in [5, 5.41) is 33.1. The van der Waals surface area contributed by atoms with Gasteiger partial charge in [0.1, 0.15) is 0 Å². The number of aliphatic hydroxyl groups excluding tert-OH is 2. The summed E-state index contributed by atoms with van der Waals surface area (Å²) in [7, 11) is 0. The van der Waals surface area contributed by atoms with Crippen LogP contribution < -0.4 is 0 Å². The SMILES string of the molecule is CC1(C)CC[C@]2(C(=O)O)CC[C@]3(C)C(=CCC4[C@@]5(C)CC[C@H](O)C(C)(C)C5[C@@H](O)C[C@]43C)C2C1. The highest BCUT2D eigenvalue weighted by molar-refractivity contribution is 5.76. The Balaban J connectivity index is 1.63. The zero-order valence-electron chi connectivity index (χ0n) is 22.6. The molecule has 5 aliphatic carbocycles. The van der Waals surface area contributed by atoms with Crippen molar-refractivity contribution in [1.82, 2.24) is 0 Å². The molecule has 0 aromatic heterocycles. The molecule has 5 rings (SSSR count). The molecule has 3 unspecified atom stereocenters.